The van der Waals surface area contributed by atoms with Crippen molar-refractivity contribution in [3.05, 3.63) is 33.5 Å². The zero-order valence-electron chi connectivity index (χ0n) is 11.0. The van der Waals surface area contributed by atoms with Crippen LogP contribution in [0, 0.1) is 0 Å². The number of halogens is 2. The fourth-order valence-electron chi connectivity index (χ4n) is 1.56. The lowest BCUT2D eigenvalue weighted by Gasteiger charge is -2.06. The third-order valence-electron chi connectivity index (χ3n) is 2.59. The van der Waals surface area contributed by atoms with Crippen LogP contribution in [-0.4, -0.2) is 23.4 Å². The number of nitrogens with zero attached hydrogens (tertiary/aromatic N) is 2. The van der Waals surface area contributed by atoms with E-state index in [0.717, 1.165) is 16.5 Å². The molecule has 0 spiro atoms. The molecular weight excluding hydrogens is 346 g/mol. The largest absolute Gasteiger partial charge is 0.379 e. The molecule has 1 atom stereocenters. The molecule has 0 aliphatic carbocycles. The van der Waals surface area contributed by atoms with Crippen molar-refractivity contribution >= 4 is 27.5 Å². The smallest absolute Gasteiger partial charge is 0.258 e. The van der Waals surface area contributed by atoms with Crippen molar-refractivity contribution in [1.82, 2.24) is 10.1 Å². The van der Waals surface area contributed by atoms with Crippen LogP contribution in [0.3, 0.4) is 0 Å². The number of rotatable bonds is 6. The Bertz CT molecular complexity index is 576. The summed E-state index contributed by atoms with van der Waals surface area (Å²) in [5.74, 6) is 0.815. The van der Waals surface area contributed by atoms with Crippen LogP contribution in [0.1, 0.15) is 25.2 Å². The van der Waals surface area contributed by atoms with E-state index in [-0.39, 0.29) is 0 Å². The van der Waals surface area contributed by atoms with E-state index in [4.69, 9.17) is 26.6 Å². The first kappa shape index (κ1) is 15.4. The molecule has 0 aliphatic rings. The summed E-state index contributed by atoms with van der Waals surface area (Å²) in [6.07, 6.45) is 0.946. The Morgan fingerprint density at radius 1 is 1.50 bits per heavy atom. The summed E-state index contributed by atoms with van der Waals surface area (Å²) in [6.45, 7) is 3.07. The van der Waals surface area contributed by atoms with Gasteiger partial charge >= 0.3 is 0 Å². The minimum atomic E-state index is -0.398. The molecule has 0 aliphatic heterocycles. The molecule has 0 radical (unpaired) electrons. The van der Waals surface area contributed by atoms with Gasteiger partial charge in [-0.15, -0.1) is 0 Å². The maximum atomic E-state index is 6.04. The Kier molecular flexibility index (Phi) is 5.54. The molecule has 5 nitrogen and oxygen atoms in total. The highest BCUT2D eigenvalue weighted by Crippen LogP contribution is 2.28. The van der Waals surface area contributed by atoms with Crippen LogP contribution in [0.15, 0.2) is 27.2 Å². The van der Waals surface area contributed by atoms with Gasteiger partial charge in [-0.05, 0) is 40.5 Å². The average Bonchev–Trinajstić information content (AvgIpc) is 2.92. The number of nitrogens with two attached hydrogens (primary N) is 1. The molecule has 0 fully saturated rings. The number of hydrogen-bond donors (Lipinski definition) is 1. The predicted octanol–water partition coefficient (Wildman–Crippen LogP) is 3.58. The molecule has 2 aromatic rings. The van der Waals surface area contributed by atoms with Gasteiger partial charge in [-0.2, -0.15) is 4.98 Å². The van der Waals surface area contributed by atoms with Crippen LogP contribution in [0.25, 0.3) is 11.5 Å². The molecular formula is C13H15BrClN3O2. The molecule has 0 amide bonds. The lowest BCUT2D eigenvalue weighted by atomic mass is 10.2. The molecule has 1 heterocycles. The van der Waals surface area contributed by atoms with Gasteiger partial charge < -0.3 is 15.0 Å². The van der Waals surface area contributed by atoms with Gasteiger partial charge in [0.15, 0.2) is 5.82 Å². The highest BCUT2D eigenvalue weighted by Gasteiger charge is 2.16. The third kappa shape index (κ3) is 3.79. The van der Waals surface area contributed by atoms with Gasteiger partial charge in [0, 0.05) is 16.6 Å². The van der Waals surface area contributed by atoms with Gasteiger partial charge in [-0.1, -0.05) is 23.7 Å². The van der Waals surface area contributed by atoms with E-state index in [1.165, 1.54) is 0 Å². The van der Waals surface area contributed by atoms with Crippen LogP contribution in [0.2, 0.25) is 5.02 Å². The van der Waals surface area contributed by atoms with Gasteiger partial charge in [-0.25, -0.2) is 0 Å². The minimum absolute atomic E-state index is 0.369. The summed E-state index contributed by atoms with van der Waals surface area (Å²) in [4.78, 5) is 4.27. The van der Waals surface area contributed by atoms with Crippen molar-refractivity contribution < 1.29 is 9.26 Å². The highest BCUT2D eigenvalue weighted by atomic mass is 79.9. The first-order valence-corrected chi connectivity index (χ1v) is 7.41. The van der Waals surface area contributed by atoms with Crippen molar-refractivity contribution in [1.29, 1.82) is 0 Å². The Hall–Kier alpha value is -0.950. The summed E-state index contributed by atoms with van der Waals surface area (Å²) in [5.41, 5.74) is 6.69. The molecule has 1 unspecified atom stereocenters. The highest BCUT2D eigenvalue weighted by molar-refractivity contribution is 9.10. The lowest BCUT2D eigenvalue weighted by molar-refractivity contribution is 0.119. The Morgan fingerprint density at radius 2 is 2.30 bits per heavy atom. The number of aromatic nitrogens is 2. The first-order chi connectivity index (χ1) is 9.61. The van der Waals surface area contributed by atoms with E-state index in [2.05, 4.69) is 26.1 Å². The SMILES string of the molecule is CCCOCC(N)c1noc(-c2ccc(Br)c(Cl)c2)n1. The second-order valence-electron chi connectivity index (χ2n) is 4.27. The Morgan fingerprint density at radius 3 is 3.00 bits per heavy atom. The molecule has 20 heavy (non-hydrogen) atoms. The zero-order chi connectivity index (χ0) is 14.5. The normalized spacial score (nSPS) is 12.6. The second kappa shape index (κ2) is 7.17. The lowest BCUT2D eigenvalue weighted by Crippen LogP contribution is -2.18. The molecule has 0 saturated heterocycles. The predicted molar refractivity (Wildman–Crippen MR) is 80.5 cm³/mol. The Balaban J connectivity index is 2.09. The third-order valence-corrected chi connectivity index (χ3v) is 3.82. The molecule has 0 bridgehead atoms. The van der Waals surface area contributed by atoms with Crippen molar-refractivity contribution in [2.24, 2.45) is 5.73 Å². The van der Waals surface area contributed by atoms with E-state index in [1.807, 2.05) is 19.1 Å². The van der Waals surface area contributed by atoms with Crippen LogP contribution in [0.4, 0.5) is 0 Å². The quantitative estimate of drug-likeness (QED) is 0.797. The maximum absolute atomic E-state index is 6.04. The van der Waals surface area contributed by atoms with Gasteiger partial charge in [-0.3, -0.25) is 0 Å². The molecule has 7 heteroatoms. The zero-order valence-corrected chi connectivity index (χ0v) is 13.3. The standard InChI is InChI=1S/C13H15BrClN3O2/c1-2-5-19-7-11(16)12-17-13(20-18-12)8-3-4-9(14)10(15)6-8/h3-4,6,11H,2,5,7,16H2,1H3. The van der Waals surface area contributed by atoms with E-state index in [9.17, 15) is 0 Å². The van der Waals surface area contributed by atoms with Crippen LogP contribution in [-0.2, 0) is 4.74 Å². The van der Waals surface area contributed by atoms with Crippen molar-refractivity contribution in [3.63, 3.8) is 0 Å². The molecule has 2 rings (SSSR count). The molecule has 0 saturated carbocycles. The summed E-state index contributed by atoms with van der Waals surface area (Å²) in [6, 6.07) is 5.02. The number of hydrogen-bond acceptors (Lipinski definition) is 5. The fraction of sp³-hybridized carbons (Fsp3) is 0.385. The summed E-state index contributed by atoms with van der Waals surface area (Å²) >= 11 is 9.37. The first-order valence-electron chi connectivity index (χ1n) is 6.24. The van der Waals surface area contributed by atoms with Crippen molar-refractivity contribution in [3.8, 4) is 11.5 Å². The number of ether oxygens (including phenoxy) is 1. The van der Waals surface area contributed by atoms with E-state index >= 15 is 0 Å². The van der Waals surface area contributed by atoms with E-state index < -0.39 is 6.04 Å². The molecule has 108 valence electrons. The van der Waals surface area contributed by atoms with Crippen LogP contribution in [0.5, 0.6) is 0 Å². The minimum Gasteiger partial charge on any atom is -0.379 e. The van der Waals surface area contributed by atoms with Gasteiger partial charge in [0.05, 0.1) is 17.7 Å². The van der Waals surface area contributed by atoms with Gasteiger partial charge in [0.1, 0.15) is 0 Å². The van der Waals surface area contributed by atoms with Gasteiger partial charge in [0.25, 0.3) is 5.89 Å². The fourth-order valence-corrected chi connectivity index (χ4v) is 1.99. The topological polar surface area (TPSA) is 74.2 Å². The molecule has 2 N–H and O–H groups in total. The number of benzene rings is 1. The van der Waals surface area contributed by atoms with E-state index in [1.54, 1.807) is 6.07 Å². The second-order valence-corrected chi connectivity index (χ2v) is 5.53. The van der Waals surface area contributed by atoms with Crippen LogP contribution >= 0.6 is 27.5 Å². The Labute approximate surface area is 130 Å². The maximum Gasteiger partial charge on any atom is 0.258 e. The average molecular weight is 361 g/mol. The summed E-state index contributed by atoms with van der Waals surface area (Å²) in [7, 11) is 0. The molecule has 1 aromatic carbocycles. The van der Waals surface area contributed by atoms with Crippen LogP contribution < -0.4 is 5.73 Å². The van der Waals surface area contributed by atoms with E-state index in [0.29, 0.717) is 30.0 Å². The summed E-state index contributed by atoms with van der Waals surface area (Å²) < 4.78 is 11.4. The monoisotopic (exact) mass is 359 g/mol. The van der Waals surface area contributed by atoms with Crippen molar-refractivity contribution in [2.75, 3.05) is 13.2 Å². The molecule has 1 aromatic heterocycles. The summed E-state index contributed by atoms with van der Waals surface area (Å²) in [5, 5.41) is 4.46. The van der Waals surface area contributed by atoms with Crippen molar-refractivity contribution in [2.45, 2.75) is 19.4 Å². The van der Waals surface area contributed by atoms with Gasteiger partial charge in [0.2, 0.25) is 0 Å².